The van der Waals surface area contributed by atoms with Crippen LogP contribution in [-0.4, -0.2) is 48.0 Å². The summed E-state index contributed by atoms with van der Waals surface area (Å²) in [5, 5.41) is 11.1. The van der Waals surface area contributed by atoms with Crippen molar-refractivity contribution in [3.63, 3.8) is 0 Å². The molecule has 0 spiro atoms. The number of benzene rings is 2. The molecule has 0 aliphatic carbocycles. The predicted molar refractivity (Wildman–Crippen MR) is 107 cm³/mol. The quantitative estimate of drug-likeness (QED) is 0.726. The number of carbonyl (C=O) groups is 1. The lowest BCUT2D eigenvalue weighted by molar-refractivity contribution is -0.122. The molecule has 4 rings (SSSR count). The Morgan fingerprint density at radius 1 is 1.33 bits per heavy atom. The Balaban J connectivity index is 0.000000659. The largest absolute Gasteiger partial charge is 0.483 e. The molecule has 0 aromatic heterocycles. The molecule has 2 aliphatic rings. The fourth-order valence-electron chi connectivity index (χ4n) is 3.23. The average molecular weight is 388 g/mol. The molecule has 27 heavy (non-hydrogen) atoms. The van der Waals surface area contributed by atoms with Crippen LogP contribution >= 0.6 is 11.6 Å². The second-order valence-electron chi connectivity index (χ2n) is 6.26. The first kappa shape index (κ1) is 19.2. The van der Waals surface area contributed by atoms with E-state index in [1.807, 2.05) is 36.4 Å². The number of hydrogen-bond acceptors (Lipinski definition) is 5. The summed E-state index contributed by atoms with van der Waals surface area (Å²) in [5.74, 6) is 2.54. The number of rotatable bonds is 1. The first-order valence-corrected chi connectivity index (χ1v) is 9.25. The van der Waals surface area contributed by atoms with Gasteiger partial charge in [0.15, 0.2) is 5.75 Å². The number of aliphatic imine (C=N–C) groups is 1. The van der Waals surface area contributed by atoms with E-state index in [0.29, 0.717) is 11.1 Å². The number of halogens is 1. The van der Waals surface area contributed by atoms with E-state index in [2.05, 4.69) is 23.2 Å². The van der Waals surface area contributed by atoms with Gasteiger partial charge in [0.2, 0.25) is 0 Å². The number of piperazine rings is 1. The maximum atomic E-state index is 8.36. The molecule has 1 saturated heterocycles. The minimum Gasteiger partial charge on any atom is -0.483 e. The van der Waals surface area contributed by atoms with Crippen LogP contribution in [-0.2, 0) is 4.79 Å². The number of nitrogens with zero attached hydrogens (tertiary/aromatic N) is 2. The van der Waals surface area contributed by atoms with E-state index in [-0.39, 0.29) is 6.47 Å². The molecule has 1 fully saturated rings. The first-order chi connectivity index (χ1) is 13.2. The minimum absolute atomic E-state index is 0.250. The van der Waals surface area contributed by atoms with Gasteiger partial charge in [-0.05, 0) is 36.8 Å². The van der Waals surface area contributed by atoms with Gasteiger partial charge in [-0.3, -0.25) is 4.79 Å². The van der Waals surface area contributed by atoms with Crippen LogP contribution in [0.3, 0.4) is 0 Å². The average Bonchev–Trinajstić information content (AvgIpc) is 2.85. The standard InChI is InChI=1S/C19H20ClN3O.CH2O2/c1-2-14-12-23(10-9-21-14)19-15-5-3-4-6-17(15)24-18-8-7-13(20)11-16(18)22-19;2-1-3/h3-8,11,14,21H,2,9-10,12H2,1H3;1H,(H,2,3). The summed E-state index contributed by atoms with van der Waals surface area (Å²) in [6.45, 7) is 4.80. The summed E-state index contributed by atoms with van der Waals surface area (Å²) in [7, 11) is 0. The summed E-state index contributed by atoms with van der Waals surface area (Å²) in [4.78, 5) is 15.7. The third-order valence-corrected chi connectivity index (χ3v) is 4.78. The van der Waals surface area contributed by atoms with Crippen LogP contribution in [0.15, 0.2) is 47.5 Å². The van der Waals surface area contributed by atoms with Crippen molar-refractivity contribution in [2.45, 2.75) is 19.4 Å². The molecule has 0 saturated carbocycles. The fourth-order valence-corrected chi connectivity index (χ4v) is 3.40. The van der Waals surface area contributed by atoms with Gasteiger partial charge in [0, 0.05) is 30.7 Å². The van der Waals surface area contributed by atoms with Crippen molar-refractivity contribution < 1.29 is 14.6 Å². The highest BCUT2D eigenvalue weighted by atomic mass is 35.5. The van der Waals surface area contributed by atoms with Crippen LogP contribution in [0.5, 0.6) is 11.5 Å². The van der Waals surface area contributed by atoms with Crippen molar-refractivity contribution in [1.82, 2.24) is 10.2 Å². The first-order valence-electron chi connectivity index (χ1n) is 8.88. The van der Waals surface area contributed by atoms with E-state index in [9.17, 15) is 0 Å². The van der Waals surface area contributed by atoms with Crippen molar-refractivity contribution in [2.24, 2.45) is 4.99 Å². The fraction of sp³-hybridized carbons (Fsp3) is 0.300. The molecule has 0 amide bonds. The van der Waals surface area contributed by atoms with Gasteiger partial charge >= 0.3 is 0 Å². The normalized spacial score (nSPS) is 17.9. The lowest BCUT2D eigenvalue weighted by atomic mass is 10.1. The number of hydrogen-bond donors (Lipinski definition) is 2. The van der Waals surface area contributed by atoms with Gasteiger partial charge in [-0.1, -0.05) is 30.7 Å². The molecule has 2 aliphatic heterocycles. The van der Waals surface area contributed by atoms with Crippen LogP contribution < -0.4 is 10.1 Å². The summed E-state index contributed by atoms with van der Waals surface area (Å²) < 4.78 is 6.12. The summed E-state index contributed by atoms with van der Waals surface area (Å²) in [6, 6.07) is 14.1. The summed E-state index contributed by atoms with van der Waals surface area (Å²) in [6.07, 6.45) is 1.10. The SMILES string of the molecule is CCC1CN(C2=Nc3cc(Cl)ccc3Oc3ccccc32)CCN1.O=CO. The van der Waals surface area contributed by atoms with Crippen molar-refractivity contribution in [3.8, 4) is 11.5 Å². The Labute approximate surface area is 163 Å². The molecule has 1 atom stereocenters. The lowest BCUT2D eigenvalue weighted by Crippen LogP contribution is -2.52. The maximum Gasteiger partial charge on any atom is 0.290 e. The van der Waals surface area contributed by atoms with Gasteiger partial charge in [-0.15, -0.1) is 0 Å². The van der Waals surface area contributed by atoms with Crippen LogP contribution in [0.4, 0.5) is 5.69 Å². The smallest absolute Gasteiger partial charge is 0.290 e. The van der Waals surface area contributed by atoms with E-state index >= 15 is 0 Å². The van der Waals surface area contributed by atoms with E-state index in [1.54, 1.807) is 0 Å². The number of para-hydroxylation sites is 1. The van der Waals surface area contributed by atoms with Crippen LogP contribution in [0.2, 0.25) is 5.02 Å². The molecule has 0 bridgehead atoms. The van der Waals surface area contributed by atoms with E-state index in [4.69, 9.17) is 31.2 Å². The summed E-state index contributed by atoms with van der Waals surface area (Å²) >= 11 is 6.17. The number of fused-ring (bicyclic) bond motifs is 2. The predicted octanol–water partition coefficient (Wildman–Crippen LogP) is 3.91. The maximum absolute atomic E-state index is 8.36. The van der Waals surface area contributed by atoms with Gasteiger partial charge < -0.3 is 20.1 Å². The molecular formula is C20H22ClN3O3. The van der Waals surface area contributed by atoms with Crippen molar-refractivity contribution >= 4 is 29.6 Å². The number of ether oxygens (including phenoxy) is 1. The van der Waals surface area contributed by atoms with Crippen LogP contribution in [0, 0.1) is 0 Å². The van der Waals surface area contributed by atoms with Gasteiger partial charge in [-0.25, -0.2) is 4.99 Å². The monoisotopic (exact) mass is 387 g/mol. The Kier molecular flexibility index (Phi) is 6.32. The lowest BCUT2D eigenvalue weighted by Gasteiger charge is -2.35. The highest BCUT2D eigenvalue weighted by Gasteiger charge is 2.26. The van der Waals surface area contributed by atoms with Gasteiger partial charge in [-0.2, -0.15) is 0 Å². The zero-order valence-corrected chi connectivity index (χ0v) is 15.8. The number of carboxylic acid groups (broad SMARTS) is 1. The second-order valence-corrected chi connectivity index (χ2v) is 6.69. The Bertz CT molecular complexity index is 841. The molecule has 7 heteroatoms. The molecule has 1 unspecified atom stereocenters. The van der Waals surface area contributed by atoms with Crippen molar-refractivity contribution in [3.05, 3.63) is 53.1 Å². The Morgan fingerprint density at radius 2 is 2.11 bits per heavy atom. The van der Waals surface area contributed by atoms with E-state index < -0.39 is 0 Å². The third-order valence-electron chi connectivity index (χ3n) is 4.54. The van der Waals surface area contributed by atoms with Gasteiger partial charge in [0.1, 0.15) is 17.3 Å². The minimum atomic E-state index is -0.250. The highest BCUT2D eigenvalue weighted by molar-refractivity contribution is 6.31. The van der Waals surface area contributed by atoms with E-state index in [1.165, 1.54) is 0 Å². The van der Waals surface area contributed by atoms with Crippen LogP contribution in [0.25, 0.3) is 0 Å². The van der Waals surface area contributed by atoms with Crippen molar-refractivity contribution in [1.29, 1.82) is 0 Å². The zero-order valence-electron chi connectivity index (χ0n) is 15.1. The molecule has 2 N–H and O–H groups in total. The highest BCUT2D eigenvalue weighted by Crippen LogP contribution is 2.39. The van der Waals surface area contributed by atoms with E-state index in [0.717, 1.165) is 54.6 Å². The molecule has 2 aromatic rings. The molecular weight excluding hydrogens is 366 g/mol. The third kappa shape index (κ3) is 4.40. The molecule has 0 radical (unpaired) electrons. The number of nitrogens with one attached hydrogen (secondary N) is 1. The number of amidine groups is 1. The molecule has 2 heterocycles. The molecule has 142 valence electrons. The molecule has 2 aromatic carbocycles. The zero-order chi connectivity index (χ0) is 19.2. The van der Waals surface area contributed by atoms with Crippen LogP contribution in [0.1, 0.15) is 18.9 Å². The second kappa shape index (κ2) is 8.88. The van der Waals surface area contributed by atoms with Gasteiger partial charge in [0.05, 0.1) is 5.56 Å². The Morgan fingerprint density at radius 3 is 2.89 bits per heavy atom. The van der Waals surface area contributed by atoms with Crippen molar-refractivity contribution in [2.75, 3.05) is 19.6 Å². The Hall–Kier alpha value is -2.57. The summed E-state index contributed by atoms with van der Waals surface area (Å²) in [5.41, 5.74) is 1.81. The molecule has 6 nitrogen and oxygen atoms in total. The topological polar surface area (TPSA) is 74.2 Å². The van der Waals surface area contributed by atoms with Gasteiger partial charge in [0.25, 0.3) is 6.47 Å².